The first-order valence-corrected chi connectivity index (χ1v) is 10.1. The first kappa shape index (κ1) is 21.1. The molecule has 1 aliphatic rings. The van der Waals surface area contributed by atoms with Gasteiger partial charge in [0, 0.05) is 31.3 Å². The number of hydrogen-bond donors (Lipinski definition) is 0. The van der Waals surface area contributed by atoms with Gasteiger partial charge in [-0.3, -0.25) is 9.36 Å². The van der Waals surface area contributed by atoms with Gasteiger partial charge >= 0.3 is 6.09 Å². The highest BCUT2D eigenvalue weighted by atomic mass is 16.6. The van der Waals surface area contributed by atoms with Crippen molar-refractivity contribution in [1.82, 2.24) is 14.5 Å². The minimum atomic E-state index is -0.502. The van der Waals surface area contributed by atoms with Crippen molar-refractivity contribution >= 4 is 6.09 Å². The van der Waals surface area contributed by atoms with Crippen LogP contribution in [0.15, 0.2) is 47.5 Å². The van der Waals surface area contributed by atoms with Gasteiger partial charge in [0.2, 0.25) is 0 Å². The lowest BCUT2D eigenvalue weighted by atomic mass is 9.74. The molecule has 1 fully saturated rings. The first-order valence-electron chi connectivity index (χ1n) is 10.1. The maximum atomic E-state index is 12.7. The Morgan fingerprint density at radius 3 is 2.52 bits per heavy atom. The fraction of sp³-hybridized carbons (Fsp3) is 0.522. The van der Waals surface area contributed by atoms with E-state index in [2.05, 4.69) is 18.8 Å². The van der Waals surface area contributed by atoms with E-state index in [1.165, 1.54) is 0 Å². The van der Waals surface area contributed by atoms with Crippen LogP contribution in [0.5, 0.6) is 0 Å². The minimum absolute atomic E-state index is 0.0516. The molecule has 1 amide bonds. The largest absolute Gasteiger partial charge is 0.444 e. The summed E-state index contributed by atoms with van der Waals surface area (Å²) in [5.41, 5.74) is 0.933. The summed E-state index contributed by atoms with van der Waals surface area (Å²) in [7, 11) is 0. The molecule has 6 heteroatoms. The highest BCUT2D eigenvalue weighted by Gasteiger charge is 2.39. The second-order valence-corrected chi connectivity index (χ2v) is 9.51. The number of nitrogens with zero attached hydrogens (tertiary/aromatic N) is 3. The number of piperidine rings is 1. The van der Waals surface area contributed by atoms with Crippen LogP contribution in [0.4, 0.5) is 4.79 Å². The zero-order valence-corrected chi connectivity index (χ0v) is 18.0. The SMILES string of the molecule is CC(C)(C)OC(=O)N1CCC(Cn2cnc(-c3ccccc3)cc2=O)C(C)(C)C1. The fourth-order valence-corrected chi connectivity index (χ4v) is 3.79. The summed E-state index contributed by atoms with van der Waals surface area (Å²) in [4.78, 5) is 31.4. The van der Waals surface area contributed by atoms with E-state index < -0.39 is 5.60 Å². The van der Waals surface area contributed by atoms with E-state index in [0.29, 0.717) is 25.3 Å². The predicted octanol–water partition coefficient (Wildman–Crippen LogP) is 4.19. The Hall–Kier alpha value is -2.63. The molecule has 6 nitrogen and oxygen atoms in total. The van der Waals surface area contributed by atoms with Crippen molar-refractivity contribution in [2.24, 2.45) is 11.3 Å². The van der Waals surface area contributed by atoms with E-state index in [-0.39, 0.29) is 23.0 Å². The highest BCUT2D eigenvalue weighted by molar-refractivity contribution is 5.68. The Kier molecular flexibility index (Phi) is 5.82. The molecule has 1 aromatic carbocycles. The zero-order valence-electron chi connectivity index (χ0n) is 18.0. The zero-order chi connectivity index (χ0) is 21.2. The maximum absolute atomic E-state index is 12.7. The highest BCUT2D eigenvalue weighted by Crippen LogP contribution is 2.36. The van der Waals surface area contributed by atoms with Gasteiger partial charge in [-0.1, -0.05) is 44.2 Å². The van der Waals surface area contributed by atoms with E-state index in [9.17, 15) is 9.59 Å². The number of hydrogen-bond acceptors (Lipinski definition) is 4. The third kappa shape index (κ3) is 5.25. The lowest BCUT2D eigenvalue weighted by molar-refractivity contribution is -0.00692. The molecule has 1 aliphatic heterocycles. The summed E-state index contributed by atoms with van der Waals surface area (Å²) >= 11 is 0. The van der Waals surface area contributed by atoms with Crippen molar-refractivity contribution in [2.45, 2.75) is 53.2 Å². The molecule has 0 aliphatic carbocycles. The number of amides is 1. The Labute approximate surface area is 172 Å². The van der Waals surface area contributed by atoms with Crippen LogP contribution in [0, 0.1) is 11.3 Å². The second kappa shape index (κ2) is 8.01. The molecule has 156 valence electrons. The van der Waals surface area contributed by atoms with Gasteiger partial charge in [-0.2, -0.15) is 0 Å². The molecule has 3 rings (SSSR count). The molecule has 0 N–H and O–H groups in total. The van der Waals surface area contributed by atoms with Crippen LogP contribution in [-0.4, -0.2) is 39.2 Å². The van der Waals surface area contributed by atoms with Crippen molar-refractivity contribution in [3.63, 3.8) is 0 Å². The number of carbonyl (C=O) groups excluding carboxylic acids is 1. The Morgan fingerprint density at radius 2 is 1.93 bits per heavy atom. The number of likely N-dealkylation sites (tertiary alicyclic amines) is 1. The molecule has 0 spiro atoms. The van der Waals surface area contributed by atoms with Gasteiger partial charge in [-0.05, 0) is 38.5 Å². The average molecular weight is 398 g/mol. The molecular formula is C23H31N3O3. The second-order valence-electron chi connectivity index (χ2n) is 9.51. The van der Waals surface area contributed by atoms with E-state index in [1.54, 1.807) is 21.9 Å². The topological polar surface area (TPSA) is 64.4 Å². The first-order chi connectivity index (χ1) is 13.5. The van der Waals surface area contributed by atoms with Crippen molar-refractivity contribution in [3.8, 4) is 11.3 Å². The van der Waals surface area contributed by atoms with Gasteiger partial charge in [0.15, 0.2) is 0 Å². The lowest BCUT2D eigenvalue weighted by Crippen LogP contribution is -2.50. The molecular weight excluding hydrogens is 366 g/mol. The smallest absolute Gasteiger partial charge is 0.410 e. The molecule has 0 saturated carbocycles. The fourth-order valence-electron chi connectivity index (χ4n) is 3.79. The standard InChI is InChI=1S/C23H31N3O3/c1-22(2,3)29-21(28)25-12-11-18(23(4,5)15-25)14-26-16-24-19(13-20(26)27)17-9-7-6-8-10-17/h6-10,13,16,18H,11-12,14-15H2,1-5H3. The van der Waals surface area contributed by atoms with Gasteiger partial charge < -0.3 is 9.64 Å². The van der Waals surface area contributed by atoms with E-state index in [1.807, 2.05) is 51.1 Å². The van der Waals surface area contributed by atoms with Crippen molar-refractivity contribution < 1.29 is 9.53 Å². The van der Waals surface area contributed by atoms with Gasteiger partial charge in [0.05, 0.1) is 12.0 Å². The van der Waals surface area contributed by atoms with Crippen LogP contribution in [0.1, 0.15) is 41.0 Å². The summed E-state index contributed by atoms with van der Waals surface area (Å²) in [6.45, 7) is 11.8. The number of carbonyl (C=O) groups is 1. The maximum Gasteiger partial charge on any atom is 0.410 e. The molecule has 2 heterocycles. The number of ether oxygens (including phenoxy) is 1. The molecule has 0 bridgehead atoms. The van der Waals surface area contributed by atoms with Crippen molar-refractivity contribution in [1.29, 1.82) is 0 Å². The predicted molar refractivity (Wildman–Crippen MR) is 114 cm³/mol. The quantitative estimate of drug-likeness (QED) is 0.779. The summed E-state index contributed by atoms with van der Waals surface area (Å²) in [6, 6.07) is 11.3. The summed E-state index contributed by atoms with van der Waals surface area (Å²) < 4.78 is 7.20. The van der Waals surface area contributed by atoms with Crippen LogP contribution in [0.3, 0.4) is 0 Å². The Balaban J connectivity index is 1.70. The summed E-state index contributed by atoms with van der Waals surface area (Å²) in [5.74, 6) is 0.267. The third-order valence-electron chi connectivity index (χ3n) is 5.47. The van der Waals surface area contributed by atoms with Crippen LogP contribution in [0.25, 0.3) is 11.3 Å². The molecule has 2 aromatic rings. The number of benzene rings is 1. The van der Waals surface area contributed by atoms with Crippen LogP contribution >= 0.6 is 0 Å². The van der Waals surface area contributed by atoms with Crippen LogP contribution in [0.2, 0.25) is 0 Å². The van der Waals surface area contributed by atoms with Gasteiger partial charge in [-0.25, -0.2) is 9.78 Å². The summed E-state index contributed by atoms with van der Waals surface area (Å²) in [5, 5.41) is 0. The molecule has 1 atom stereocenters. The summed E-state index contributed by atoms with van der Waals surface area (Å²) in [6.07, 6.45) is 2.19. The molecule has 29 heavy (non-hydrogen) atoms. The van der Waals surface area contributed by atoms with E-state index in [0.717, 1.165) is 12.0 Å². The molecule has 1 unspecified atom stereocenters. The van der Waals surface area contributed by atoms with E-state index >= 15 is 0 Å². The van der Waals surface area contributed by atoms with Gasteiger partial charge in [0.1, 0.15) is 5.60 Å². The van der Waals surface area contributed by atoms with Gasteiger partial charge in [-0.15, -0.1) is 0 Å². The average Bonchev–Trinajstić information content (AvgIpc) is 2.63. The number of aromatic nitrogens is 2. The van der Waals surface area contributed by atoms with E-state index in [4.69, 9.17) is 4.74 Å². The Bertz CT molecular complexity index is 913. The molecule has 1 saturated heterocycles. The monoisotopic (exact) mass is 397 g/mol. The normalized spacial score (nSPS) is 19.1. The van der Waals surface area contributed by atoms with Crippen molar-refractivity contribution in [3.05, 3.63) is 53.1 Å². The van der Waals surface area contributed by atoms with Gasteiger partial charge in [0.25, 0.3) is 5.56 Å². The third-order valence-corrected chi connectivity index (χ3v) is 5.47. The van der Waals surface area contributed by atoms with Crippen molar-refractivity contribution in [2.75, 3.05) is 13.1 Å². The molecule has 0 radical (unpaired) electrons. The Morgan fingerprint density at radius 1 is 1.24 bits per heavy atom. The lowest BCUT2D eigenvalue weighted by Gasteiger charge is -2.44. The molecule has 1 aromatic heterocycles. The van der Waals surface area contributed by atoms with Crippen LogP contribution < -0.4 is 5.56 Å². The minimum Gasteiger partial charge on any atom is -0.444 e. The van der Waals surface area contributed by atoms with Crippen LogP contribution in [-0.2, 0) is 11.3 Å². The number of rotatable bonds is 3.